The first-order chi connectivity index (χ1) is 8.28. The van der Waals surface area contributed by atoms with E-state index in [0.29, 0.717) is 0 Å². The second-order valence-electron chi connectivity index (χ2n) is 4.82. The number of hydrogen-bond acceptors (Lipinski definition) is 2. The molecule has 0 aliphatic carbocycles. The van der Waals surface area contributed by atoms with Crippen molar-refractivity contribution in [3.63, 3.8) is 0 Å². The average molecular weight is 230 g/mol. The summed E-state index contributed by atoms with van der Waals surface area (Å²) < 4.78 is 0. The van der Waals surface area contributed by atoms with Crippen molar-refractivity contribution in [2.45, 2.75) is 13.5 Å². The normalized spacial score (nSPS) is 18.9. The van der Waals surface area contributed by atoms with E-state index in [1.807, 2.05) is 0 Å². The molecule has 2 heteroatoms. The molecule has 0 bridgehead atoms. The van der Waals surface area contributed by atoms with E-state index < -0.39 is 0 Å². The van der Waals surface area contributed by atoms with E-state index in [2.05, 4.69) is 60.2 Å². The lowest BCUT2D eigenvalue weighted by Crippen LogP contribution is -2.43. The van der Waals surface area contributed by atoms with Crippen LogP contribution >= 0.6 is 0 Å². The molecule has 0 radical (unpaired) electrons. The van der Waals surface area contributed by atoms with E-state index in [4.69, 9.17) is 0 Å². The first kappa shape index (κ1) is 12.3. The van der Waals surface area contributed by atoms with Crippen molar-refractivity contribution in [3.05, 3.63) is 41.5 Å². The molecule has 2 rings (SSSR count). The van der Waals surface area contributed by atoms with Gasteiger partial charge in [0.25, 0.3) is 0 Å². The third kappa shape index (κ3) is 3.69. The largest absolute Gasteiger partial charge is 0.304 e. The highest BCUT2D eigenvalue weighted by Crippen LogP contribution is 2.10. The maximum atomic E-state index is 2.53. The Hall–Kier alpha value is -1.12. The minimum atomic E-state index is 1.09. The van der Waals surface area contributed by atoms with Gasteiger partial charge in [-0.05, 0) is 25.1 Å². The number of nitrogens with zero attached hydrogens (tertiary/aromatic N) is 2. The van der Waals surface area contributed by atoms with Crippen LogP contribution in [-0.2, 0) is 6.54 Å². The quantitative estimate of drug-likeness (QED) is 0.787. The lowest BCUT2D eigenvalue weighted by atomic mass is 10.1. The Morgan fingerprint density at radius 2 is 1.71 bits per heavy atom. The number of allylic oxidation sites excluding steroid dienone is 1. The Labute approximate surface area is 105 Å². The molecule has 2 nitrogen and oxygen atoms in total. The molecule has 1 heterocycles. The Morgan fingerprint density at radius 3 is 2.29 bits per heavy atom. The summed E-state index contributed by atoms with van der Waals surface area (Å²) in [6, 6.07) is 8.89. The standard InChI is InChI=1S/C15H22N2/c1-3-4-14-5-7-15(8-6-14)13-17-11-9-16(2)10-12-17/h3-8H,9-13H2,1-2H3. The third-order valence-electron chi connectivity index (χ3n) is 3.34. The summed E-state index contributed by atoms with van der Waals surface area (Å²) in [6.07, 6.45) is 4.22. The summed E-state index contributed by atoms with van der Waals surface area (Å²) in [7, 11) is 2.20. The molecule has 1 aromatic carbocycles. The summed E-state index contributed by atoms with van der Waals surface area (Å²) in [5.41, 5.74) is 2.71. The molecular formula is C15H22N2. The van der Waals surface area contributed by atoms with Gasteiger partial charge in [0.05, 0.1) is 0 Å². The molecule has 0 N–H and O–H groups in total. The maximum Gasteiger partial charge on any atom is 0.0234 e. The zero-order valence-corrected chi connectivity index (χ0v) is 10.9. The van der Waals surface area contributed by atoms with Crippen LogP contribution in [0.25, 0.3) is 6.08 Å². The van der Waals surface area contributed by atoms with Gasteiger partial charge in [0.15, 0.2) is 0 Å². The third-order valence-corrected chi connectivity index (χ3v) is 3.34. The number of benzene rings is 1. The summed E-state index contributed by atoms with van der Waals surface area (Å²) in [6.45, 7) is 7.90. The molecule has 0 atom stereocenters. The Kier molecular flexibility index (Phi) is 4.35. The van der Waals surface area contributed by atoms with Gasteiger partial charge in [0.2, 0.25) is 0 Å². The zero-order valence-electron chi connectivity index (χ0n) is 10.9. The van der Waals surface area contributed by atoms with Gasteiger partial charge in [-0.1, -0.05) is 36.4 Å². The maximum absolute atomic E-state index is 2.53. The van der Waals surface area contributed by atoms with Gasteiger partial charge >= 0.3 is 0 Å². The second kappa shape index (κ2) is 5.99. The van der Waals surface area contributed by atoms with Crippen LogP contribution in [0.15, 0.2) is 30.3 Å². The van der Waals surface area contributed by atoms with Crippen molar-refractivity contribution in [2.24, 2.45) is 0 Å². The van der Waals surface area contributed by atoms with Crippen molar-refractivity contribution in [1.29, 1.82) is 0 Å². The molecule has 0 aromatic heterocycles. The highest BCUT2D eigenvalue weighted by Gasteiger charge is 2.13. The molecule has 92 valence electrons. The van der Waals surface area contributed by atoms with Gasteiger partial charge in [-0.3, -0.25) is 4.90 Å². The molecule has 0 unspecified atom stereocenters. The van der Waals surface area contributed by atoms with Crippen LogP contribution in [-0.4, -0.2) is 43.0 Å². The molecule has 1 fully saturated rings. The SMILES string of the molecule is CC=Cc1ccc(CN2CCN(C)CC2)cc1. The highest BCUT2D eigenvalue weighted by molar-refractivity contribution is 5.49. The predicted molar refractivity (Wildman–Crippen MR) is 73.9 cm³/mol. The van der Waals surface area contributed by atoms with Gasteiger partial charge in [-0.15, -0.1) is 0 Å². The first-order valence-electron chi connectivity index (χ1n) is 6.40. The summed E-state index contributed by atoms with van der Waals surface area (Å²) in [5, 5.41) is 0. The Bertz CT molecular complexity index is 359. The van der Waals surface area contributed by atoms with Gasteiger partial charge in [0, 0.05) is 32.7 Å². The number of piperazine rings is 1. The topological polar surface area (TPSA) is 6.48 Å². The van der Waals surface area contributed by atoms with Crippen LogP contribution in [0, 0.1) is 0 Å². The van der Waals surface area contributed by atoms with Crippen LogP contribution in [0.3, 0.4) is 0 Å². The highest BCUT2D eigenvalue weighted by atomic mass is 15.2. The average Bonchev–Trinajstić information content (AvgIpc) is 2.35. The summed E-state index contributed by atoms with van der Waals surface area (Å²) in [4.78, 5) is 4.93. The van der Waals surface area contributed by atoms with Crippen LogP contribution in [0.2, 0.25) is 0 Å². The minimum absolute atomic E-state index is 1.09. The van der Waals surface area contributed by atoms with Crippen molar-refractivity contribution < 1.29 is 0 Å². The zero-order chi connectivity index (χ0) is 12.1. The van der Waals surface area contributed by atoms with Crippen molar-refractivity contribution in [3.8, 4) is 0 Å². The van der Waals surface area contributed by atoms with Crippen LogP contribution in [0.1, 0.15) is 18.1 Å². The van der Waals surface area contributed by atoms with Gasteiger partial charge in [0.1, 0.15) is 0 Å². The minimum Gasteiger partial charge on any atom is -0.304 e. The lowest BCUT2D eigenvalue weighted by Gasteiger charge is -2.32. The number of likely N-dealkylation sites (N-methyl/N-ethyl adjacent to an activating group) is 1. The van der Waals surface area contributed by atoms with Gasteiger partial charge in [-0.2, -0.15) is 0 Å². The monoisotopic (exact) mass is 230 g/mol. The van der Waals surface area contributed by atoms with Gasteiger partial charge in [-0.25, -0.2) is 0 Å². The van der Waals surface area contributed by atoms with Crippen LogP contribution in [0.4, 0.5) is 0 Å². The molecular weight excluding hydrogens is 208 g/mol. The number of hydrogen-bond donors (Lipinski definition) is 0. The fourth-order valence-corrected chi connectivity index (χ4v) is 2.19. The van der Waals surface area contributed by atoms with E-state index >= 15 is 0 Å². The van der Waals surface area contributed by atoms with Gasteiger partial charge < -0.3 is 4.90 Å². The van der Waals surface area contributed by atoms with Crippen molar-refractivity contribution in [2.75, 3.05) is 33.2 Å². The molecule has 1 aromatic rings. The van der Waals surface area contributed by atoms with E-state index in [9.17, 15) is 0 Å². The summed E-state index contributed by atoms with van der Waals surface area (Å²) >= 11 is 0. The second-order valence-corrected chi connectivity index (χ2v) is 4.82. The van der Waals surface area contributed by atoms with E-state index in [0.717, 1.165) is 6.54 Å². The Morgan fingerprint density at radius 1 is 1.06 bits per heavy atom. The van der Waals surface area contributed by atoms with Crippen LogP contribution < -0.4 is 0 Å². The lowest BCUT2D eigenvalue weighted by molar-refractivity contribution is 0.148. The van der Waals surface area contributed by atoms with E-state index in [1.54, 1.807) is 0 Å². The van der Waals surface area contributed by atoms with Crippen molar-refractivity contribution >= 4 is 6.08 Å². The smallest absolute Gasteiger partial charge is 0.0234 e. The fourth-order valence-electron chi connectivity index (χ4n) is 2.19. The molecule has 0 spiro atoms. The molecule has 0 amide bonds. The molecule has 1 aliphatic rings. The molecule has 0 saturated carbocycles. The van der Waals surface area contributed by atoms with E-state index in [1.165, 1.54) is 37.3 Å². The predicted octanol–water partition coefficient (Wildman–Crippen LogP) is 2.47. The first-order valence-corrected chi connectivity index (χ1v) is 6.40. The van der Waals surface area contributed by atoms with E-state index in [-0.39, 0.29) is 0 Å². The fraction of sp³-hybridized carbons (Fsp3) is 0.467. The molecule has 1 aliphatic heterocycles. The van der Waals surface area contributed by atoms with Crippen molar-refractivity contribution in [1.82, 2.24) is 9.80 Å². The number of rotatable bonds is 3. The molecule has 17 heavy (non-hydrogen) atoms. The summed E-state index contributed by atoms with van der Waals surface area (Å²) in [5.74, 6) is 0. The Balaban J connectivity index is 1.90. The van der Waals surface area contributed by atoms with Crippen LogP contribution in [0.5, 0.6) is 0 Å². The molecule has 1 saturated heterocycles.